The predicted molar refractivity (Wildman–Crippen MR) is 104 cm³/mol. The van der Waals surface area contributed by atoms with E-state index in [2.05, 4.69) is 44.9 Å². The Labute approximate surface area is 160 Å². The summed E-state index contributed by atoms with van der Waals surface area (Å²) in [4.78, 5) is 21.7. The van der Waals surface area contributed by atoms with Gasteiger partial charge < -0.3 is 14.4 Å². The molecule has 1 N–H and O–H groups in total. The van der Waals surface area contributed by atoms with Crippen molar-refractivity contribution in [2.45, 2.75) is 51.0 Å². The molecule has 7 nitrogen and oxygen atoms in total. The molecule has 2 aromatic heterocycles. The number of aromatic nitrogens is 4. The topological polar surface area (TPSA) is 70.1 Å². The number of piperidine rings is 1. The summed E-state index contributed by atoms with van der Waals surface area (Å²) in [5.74, 6) is 1.72. The number of nitrogens with zero attached hydrogens (tertiary/aromatic N) is 5. The van der Waals surface area contributed by atoms with Gasteiger partial charge in [0.2, 0.25) is 0 Å². The van der Waals surface area contributed by atoms with E-state index in [0.29, 0.717) is 11.6 Å². The first-order chi connectivity index (χ1) is 13.1. The molecule has 4 rings (SSSR count). The molecule has 2 aliphatic rings. The van der Waals surface area contributed by atoms with Crippen LogP contribution in [0.25, 0.3) is 0 Å². The van der Waals surface area contributed by atoms with Crippen LogP contribution in [-0.4, -0.2) is 69.2 Å². The number of aromatic amines is 1. The van der Waals surface area contributed by atoms with Crippen LogP contribution in [0.5, 0.6) is 0 Å². The number of fused-ring (bicyclic) bond motifs is 1. The van der Waals surface area contributed by atoms with Crippen molar-refractivity contribution in [1.82, 2.24) is 29.5 Å². The van der Waals surface area contributed by atoms with Crippen LogP contribution in [0.1, 0.15) is 59.2 Å². The van der Waals surface area contributed by atoms with Crippen LogP contribution in [-0.2, 0) is 19.4 Å². The lowest BCUT2D eigenvalue weighted by Gasteiger charge is -2.31. The second kappa shape index (κ2) is 7.84. The third-order valence-corrected chi connectivity index (χ3v) is 5.91. The second-order valence-corrected chi connectivity index (χ2v) is 8.09. The zero-order valence-electron chi connectivity index (χ0n) is 16.4. The van der Waals surface area contributed by atoms with Crippen molar-refractivity contribution < 1.29 is 4.79 Å². The van der Waals surface area contributed by atoms with E-state index in [1.807, 2.05) is 11.1 Å². The normalized spacial score (nSPS) is 17.7. The standard InChI is InChI=1S/C20H30N6O/c1-24(2)10-4-11-25-14-9-21-19(25)15-7-12-26(13-8-15)20(27)18-16-5-3-6-17(16)22-23-18/h9,14-15H,3-8,10-13H2,1-2H3,(H,22,23). The molecule has 0 saturated carbocycles. The molecule has 27 heavy (non-hydrogen) atoms. The third kappa shape index (κ3) is 3.78. The van der Waals surface area contributed by atoms with E-state index in [1.165, 1.54) is 5.82 Å². The first-order valence-corrected chi connectivity index (χ1v) is 10.1. The van der Waals surface area contributed by atoms with E-state index in [1.54, 1.807) is 0 Å². The number of hydrogen-bond acceptors (Lipinski definition) is 4. The lowest BCUT2D eigenvalue weighted by Crippen LogP contribution is -2.39. The molecule has 0 unspecified atom stereocenters. The molecule has 1 fully saturated rings. The van der Waals surface area contributed by atoms with Crippen molar-refractivity contribution in [2.24, 2.45) is 0 Å². The van der Waals surface area contributed by atoms with Gasteiger partial charge in [0.1, 0.15) is 5.82 Å². The van der Waals surface area contributed by atoms with Crippen molar-refractivity contribution in [3.05, 3.63) is 35.2 Å². The Morgan fingerprint density at radius 3 is 2.89 bits per heavy atom. The maximum absolute atomic E-state index is 12.9. The summed E-state index contributed by atoms with van der Waals surface area (Å²) >= 11 is 0. The molecule has 1 aliphatic carbocycles. The monoisotopic (exact) mass is 370 g/mol. The van der Waals surface area contributed by atoms with Gasteiger partial charge in [-0.2, -0.15) is 5.10 Å². The number of H-pyrrole nitrogens is 1. The Kier molecular flexibility index (Phi) is 5.29. The van der Waals surface area contributed by atoms with Crippen molar-refractivity contribution in [1.29, 1.82) is 0 Å². The Hall–Kier alpha value is -2.15. The fourth-order valence-electron chi connectivity index (χ4n) is 4.41. The number of imidazole rings is 1. The fourth-order valence-corrected chi connectivity index (χ4v) is 4.41. The summed E-state index contributed by atoms with van der Waals surface area (Å²) in [6.07, 6.45) is 10.2. The van der Waals surface area contributed by atoms with Gasteiger partial charge in [0.15, 0.2) is 5.69 Å². The average molecular weight is 371 g/mol. The SMILES string of the molecule is CN(C)CCCn1ccnc1C1CCN(C(=O)c2n[nH]c3c2CCC3)CC1. The van der Waals surface area contributed by atoms with Gasteiger partial charge in [-0.1, -0.05) is 0 Å². The summed E-state index contributed by atoms with van der Waals surface area (Å²) < 4.78 is 2.30. The minimum atomic E-state index is 0.0992. The highest BCUT2D eigenvalue weighted by Gasteiger charge is 2.30. The van der Waals surface area contributed by atoms with Gasteiger partial charge in [0, 0.05) is 49.2 Å². The lowest BCUT2D eigenvalue weighted by molar-refractivity contribution is 0.0703. The Balaban J connectivity index is 1.35. The van der Waals surface area contributed by atoms with E-state index in [4.69, 9.17) is 0 Å². The van der Waals surface area contributed by atoms with Crippen molar-refractivity contribution in [2.75, 3.05) is 33.7 Å². The maximum Gasteiger partial charge on any atom is 0.274 e. The number of amides is 1. The highest BCUT2D eigenvalue weighted by molar-refractivity contribution is 5.94. The van der Waals surface area contributed by atoms with E-state index < -0.39 is 0 Å². The number of nitrogens with one attached hydrogen (secondary N) is 1. The molecule has 3 heterocycles. The highest BCUT2D eigenvalue weighted by Crippen LogP contribution is 2.29. The van der Waals surface area contributed by atoms with Gasteiger partial charge in [0.25, 0.3) is 5.91 Å². The zero-order chi connectivity index (χ0) is 18.8. The minimum absolute atomic E-state index is 0.0992. The summed E-state index contributed by atoms with van der Waals surface area (Å²) in [5.41, 5.74) is 2.97. The van der Waals surface area contributed by atoms with Gasteiger partial charge in [-0.05, 0) is 59.2 Å². The summed E-state index contributed by atoms with van der Waals surface area (Å²) in [5, 5.41) is 7.37. The highest BCUT2D eigenvalue weighted by atomic mass is 16.2. The second-order valence-electron chi connectivity index (χ2n) is 8.09. The number of aryl methyl sites for hydroxylation is 2. The Morgan fingerprint density at radius 1 is 1.30 bits per heavy atom. The molecular weight excluding hydrogens is 340 g/mol. The van der Waals surface area contributed by atoms with Crippen LogP contribution in [0.4, 0.5) is 0 Å². The van der Waals surface area contributed by atoms with Crippen molar-refractivity contribution in [3.63, 3.8) is 0 Å². The molecule has 0 atom stereocenters. The maximum atomic E-state index is 12.9. The summed E-state index contributed by atoms with van der Waals surface area (Å²) in [7, 11) is 4.21. The average Bonchev–Trinajstić information content (AvgIpc) is 3.38. The number of carbonyl (C=O) groups is 1. The Bertz CT molecular complexity index is 784. The molecule has 146 valence electrons. The molecule has 2 aromatic rings. The van der Waals surface area contributed by atoms with E-state index >= 15 is 0 Å². The lowest BCUT2D eigenvalue weighted by atomic mass is 9.95. The molecule has 0 radical (unpaired) electrons. The van der Waals surface area contributed by atoms with Crippen LogP contribution < -0.4 is 0 Å². The van der Waals surface area contributed by atoms with Gasteiger partial charge >= 0.3 is 0 Å². The molecule has 0 aromatic carbocycles. The molecular formula is C20H30N6O. The van der Waals surface area contributed by atoms with Gasteiger partial charge in [-0.3, -0.25) is 9.89 Å². The van der Waals surface area contributed by atoms with Gasteiger partial charge in [0.05, 0.1) is 0 Å². The van der Waals surface area contributed by atoms with Gasteiger partial charge in [-0.15, -0.1) is 0 Å². The molecule has 1 saturated heterocycles. The summed E-state index contributed by atoms with van der Waals surface area (Å²) in [6, 6.07) is 0. The molecule has 1 amide bonds. The summed E-state index contributed by atoms with van der Waals surface area (Å²) in [6.45, 7) is 3.66. The Morgan fingerprint density at radius 2 is 2.11 bits per heavy atom. The predicted octanol–water partition coefficient (Wildman–Crippen LogP) is 2.07. The minimum Gasteiger partial charge on any atom is -0.337 e. The zero-order valence-corrected chi connectivity index (χ0v) is 16.4. The number of carbonyl (C=O) groups excluding carboxylic acids is 1. The largest absolute Gasteiger partial charge is 0.337 e. The first-order valence-electron chi connectivity index (χ1n) is 10.1. The molecule has 0 spiro atoms. The van der Waals surface area contributed by atoms with Crippen LogP contribution >= 0.6 is 0 Å². The van der Waals surface area contributed by atoms with Crippen LogP contribution in [0.2, 0.25) is 0 Å². The van der Waals surface area contributed by atoms with Crippen molar-refractivity contribution in [3.8, 4) is 0 Å². The van der Waals surface area contributed by atoms with E-state index in [-0.39, 0.29) is 5.91 Å². The van der Waals surface area contributed by atoms with Crippen molar-refractivity contribution >= 4 is 5.91 Å². The quantitative estimate of drug-likeness (QED) is 0.845. The van der Waals surface area contributed by atoms with E-state index in [0.717, 1.165) is 76.0 Å². The fraction of sp³-hybridized carbons (Fsp3) is 0.650. The smallest absolute Gasteiger partial charge is 0.274 e. The van der Waals surface area contributed by atoms with Gasteiger partial charge in [-0.25, -0.2) is 4.98 Å². The molecule has 7 heteroatoms. The number of hydrogen-bond donors (Lipinski definition) is 1. The van der Waals surface area contributed by atoms with Crippen LogP contribution in [0.3, 0.4) is 0 Å². The number of rotatable bonds is 6. The first kappa shape index (κ1) is 18.2. The molecule has 0 bridgehead atoms. The van der Waals surface area contributed by atoms with Crippen LogP contribution in [0.15, 0.2) is 12.4 Å². The van der Waals surface area contributed by atoms with E-state index in [9.17, 15) is 4.79 Å². The number of likely N-dealkylation sites (tertiary alicyclic amines) is 1. The third-order valence-electron chi connectivity index (χ3n) is 5.91. The van der Waals surface area contributed by atoms with Crippen LogP contribution in [0, 0.1) is 0 Å². The molecule has 1 aliphatic heterocycles.